The molecule has 0 radical (unpaired) electrons. The lowest BCUT2D eigenvalue weighted by Crippen LogP contribution is -2.56. The van der Waals surface area contributed by atoms with E-state index in [-0.39, 0.29) is 11.9 Å². The van der Waals surface area contributed by atoms with Crippen molar-refractivity contribution in [2.75, 3.05) is 21.3 Å². The molecular formula is C26H30BrN3O4S. The number of amides is 1. The fraction of sp³-hybridized carbons (Fsp3) is 0.462. The SMILES string of the molecule is COc1cc(C(=O)NC2CC3CCCC(C2)N3Cc2nc3c(Br)cccc3s2)cc(OC)c1OC. The average Bonchev–Trinajstić information content (AvgIpc) is 3.27. The second-order valence-corrected chi connectivity index (χ2v) is 11.1. The average molecular weight is 561 g/mol. The third-order valence-electron chi connectivity index (χ3n) is 7.12. The van der Waals surface area contributed by atoms with E-state index in [1.807, 2.05) is 6.07 Å². The third kappa shape index (κ3) is 4.86. The molecule has 186 valence electrons. The lowest BCUT2D eigenvalue weighted by molar-refractivity contribution is 0.0177. The number of thiazole rings is 1. The fourth-order valence-corrected chi connectivity index (χ4v) is 7.11. The predicted octanol–water partition coefficient (Wildman–Crippen LogP) is 5.40. The number of carbonyl (C=O) groups is 1. The van der Waals surface area contributed by atoms with Crippen molar-refractivity contribution in [2.24, 2.45) is 0 Å². The van der Waals surface area contributed by atoms with Gasteiger partial charge < -0.3 is 19.5 Å². The van der Waals surface area contributed by atoms with Gasteiger partial charge in [-0.3, -0.25) is 9.69 Å². The fourth-order valence-electron chi connectivity index (χ4n) is 5.52. The molecule has 1 N–H and O–H groups in total. The summed E-state index contributed by atoms with van der Waals surface area (Å²) in [6.07, 6.45) is 5.44. The summed E-state index contributed by atoms with van der Waals surface area (Å²) in [6, 6.07) is 10.7. The van der Waals surface area contributed by atoms with E-state index in [2.05, 4.69) is 38.3 Å². The van der Waals surface area contributed by atoms with E-state index >= 15 is 0 Å². The summed E-state index contributed by atoms with van der Waals surface area (Å²) in [5.41, 5.74) is 1.55. The highest BCUT2D eigenvalue weighted by molar-refractivity contribution is 9.10. The lowest BCUT2D eigenvalue weighted by atomic mass is 9.81. The number of rotatable bonds is 7. The van der Waals surface area contributed by atoms with Crippen LogP contribution in [0.25, 0.3) is 10.2 Å². The number of halogens is 1. The molecule has 5 rings (SSSR count). The monoisotopic (exact) mass is 559 g/mol. The zero-order valence-corrected chi connectivity index (χ0v) is 22.6. The molecule has 2 fully saturated rings. The smallest absolute Gasteiger partial charge is 0.251 e. The maximum atomic E-state index is 13.2. The van der Waals surface area contributed by atoms with Crippen molar-refractivity contribution in [3.63, 3.8) is 0 Å². The van der Waals surface area contributed by atoms with Gasteiger partial charge in [-0.25, -0.2) is 4.98 Å². The molecule has 0 spiro atoms. The van der Waals surface area contributed by atoms with Crippen LogP contribution in [0.3, 0.4) is 0 Å². The summed E-state index contributed by atoms with van der Waals surface area (Å²) in [7, 11) is 4.67. The number of hydrogen-bond acceptors (Lipinski definition) is 7. The van der Waals surface area contributed by atoms with Crippen molar-refractivity contribution in [2.45, 2.75) is 56.8 Å². The minimum absolute atomic E-state index is 0.114. The zero-order chi connectivity index (χ0) is 24.5. The van der Waals surface area contributed by atoms with Crippen LogP contribution in [-0.2, 0) is 6.54 Å². The van der Waals surface area contributed by atoms with Gasteiger partial charge in [-0.05, 0) is 65.9 Å². The minimum Gasteiger partial charge on any atom is -0.493 e. The number of methoxy groups -OCH3 is 3. The highest BCUT2D eigenvalue weighted by Crippen LogP contribution is 2.39. The van der Waals surface area contributed by atoms with Crippen LogP contribution in [0.4, 0.5) is 0 Å². The molecule has 3 heterocycles. The number of nitrogens with zero attached hydrogens (tertiary/aromatic N) is 2. The van der Waals surface area contributed by atoms with E-state index in [1.165, 1.54) is 11.1 Å². The van der Waals surface area contributed by atoms with Gasteiger partial charge in [-0.1, -0.05) is 12.5 Å². The normalized spacial score (nSPS) is 22.1. The summed E-state index contributed by atoms with van der Waals surface area (Å²) in [5.74, 6) is 1.32. The van der Waals surface area contributed by atoms with Gasteiger partial charge >= 0.3 is 0 Å². The highest BCUT2D eigenvalue weighted by atomic mass is 79.9. The van der Waals surface area contributed by atoms with Gasteiger partial charge in [-0.2, -0.15) is 0 Å². The summed E-state index contributed by atoms with van der Waals surface area (Å²) in [6.45, 7) is 0.870. The number of fused-ring (bicyclic) bond motifs is 3. The summed E-state index contributed by atoms with van der Waals surface area (Å²) in [4.78, 5) is 20.7. The number of aromatic nitrogens is 1. The van der Waals surface area contributed by atoms with Gasteiger partial charge in [0.2, 0.25) is 5.75 Å². The van der Waals surface area contributed by atoms with Crippen molar-refractivity contribution in [3.05, 3.63) is 45.4 Å². The Bertz CT molecular complexity index is 1190. The Labute approximate surface area is 217 Å². The number of carbonyl (C=O) groups excluding carboxylic acids is 1. The Morgan fingerprint density at radius 1 is 1.11 bits per heavy atom. The Morgan fingerprint density at radius 2 is 1.80 bits per heavy atom. The van der Waals surface area contributed by atoms with Crippen LogP contribution < -0.4 is 19.5 Å². The Balaban J connectivity index is 1.29. The van der Waals surface area contributed by atoms with Crippen LogP contribution in [0.5, 0.6) is 17.2 Å². The largest absolute Gasteiger partial charge is 0.493 e. The molecule has 7 nitrogen and oxygen atoms in total. The molecular weight excluding hydrogens is 530 g/mol. The Hall–Kier alpha value is -2.36. The van der Waals surface area contributed by atoms with Crippen molar-refractivity contribution < 1.29 is 19.0 Å². The molecule has 2 aliphatic heterocycles. The maximum absolute atomic E-state index is 13.2. The quantitative estimate of drug-likeness (QED) is 0.417. The van der Waals surface area contributed by atoms with Crippen LogP contribution >= 0.6 is 27.3 Å². The molecule has 35 heavy (non-hydrogen) atoms. The predicted molar refractivity (Wildman–Crippen MR) is 141 cm³/mol. The first-order valence-corrected chi connectivity index (χ1v) is 13.5. The summed E-state index contributed by atoms with van der Waals surface area (Å²) < 4.78 is 18.5. The van der Waals surface area contributed by atoms with E-state index < -0.39 is 0 Å². The topological polar surface area (TPSA) is 72.9 Å². The zero-order valence-electron chi connectivity index (χ0n) is 20.2. The van der Waals surface area contributed by atoms with Crippen molar-refractivity contribution in [1.29, 1.82) is 0 Å². The number of para-hydroxylation sites is 1. The van der Waals surface area contributed by atoms with E-state index in [1.54, 1.807) is 44.8 Å². The van der Waals surface area contributed by atoms with E-state index in [4.69, 9.17) is 19.2 Å². The number of nitrogens with one attached hydrogen (secondary N) is 1. The van der Waals surface area contributed by atoms with Gasteiger partial charge in [0.05, 0.1) is 38.1 Å². The molecule has 2 unspecified atom stereocenters. The highest BCUT2D eigenvalue weighted by Gasteiger charge is 2.39. The van der Waals surface area contributed by atoms with Crippen LogP contribution in [0.2, 0.25) is 0 Å². The first kappa shape index (κ1) is 24.3. The molecule has 2 bridgehead atoms. The van der Waals surface area contributed by atoms with Gasteiger partial charge in [0.25, 0.3) is 5.91 Å². The molecule has 1 aromatic heterocycles. The number of piperidine rings is 2. The van der Waals surface area contributed by atoms with E-state index in [9.17, 15) is 4.79 Å². The Kier molecular flexibility index (Phi) is 7.18. The van der Waals surface area contributed by atoms with Crippen LogP contribution in [0.1, 0.15) is 47.5 Å². The Morgan fingerprint density at radius 3 is 2.40 bits per heavy atom. The number of benzene rings is 2. The molecule has 2 atom stereocenters. The molecule has 3 aromatic rings. The second kappa shape index (κ2) is 10.3. The van der Waals surface area contributed by atoms with Crippen molar-refractivity contribution in [3.8, 4) is 17.2 Å². The first-order chi connectivity index (χ1) is 17.0. The number of hydrogen-bond donors (Lipinski definition) is 1. The summed E-state index contributed by atoms with van der Waals surface area (Å²) in [5, 5.41) is 4.44. The minimum atomic E-state index is -0.114. The van der Waals surface area contributed by atoms with E-state index in [0.29, 0.717) is 34.9 Å². The van der Waals surface area contributed by atoms with Crippen molar-refractivity contribution in [1.82, 2.24) is 15.2 Å². The molecule has 0 aliphatic carbocycles. The molecule has 2 aliphatic rings. The summed E-state index contributed by atoms with van der Waals surface area (Å²) >= 11 is 5.40. The van der Waals surface area contributed by atoms with Crippen LogP contribution in [0, 0.1) is 0 Å². The van der Waals surface area contributed by atoms with Gasteiger partial charge in [0.15, 0.2) is 11.5 Å². The molecule has 9 heteroatoms. The standard InChI is InChI=1S/C26H30BrN3O4S/c1-32-20-10-15(11-21(33-2)25(20)34-3)26(31)28-16-12-17-6-4-7-18(13-16)30(17)14-23-29-24-19(27)8-5-9-22(24)35-23/h5,8-11,16-18H,4,6-7,12-14H2,1-3H3,(H,28,31). The van der Waals surface area contributed by atoms with Gasteiger partial charge in [-0.15, -0.1) is 11.3 Å². The third-order valence-corrected chi connectivity index (χ3v) is 8.77. The van der Waals surface area contributed by atoms with Gasteiger partial charge in [0, 0.05) is 28.2 Å². The molecule has 0 saturated carbocycles. The molecule has 2 aromatic carbocycles. The van der Waals surface area contributed by atoms with Crippen LogP contribution in [0.15, 0.2) is 34.8 Å². The van der Waals surface area contributed by atoms with Crippen molar-refractivity contribution >= 4 is 43.4 Å². The lowest BCUT2D eigenvalue weighted by Gasteiger charge is -2.48. The second-order valence-electron chi connectivity index (χ2n) is 9.16. The van der Waals surface area contributed by atoms with Gasteiger partial charge in [0.1, 0.15) is 5.01 Å². The maximum Gasteiger partial charge on any atom is 0.251 e. The molecule has 2 saturated heterocycles. The van der Waals surface area contributed by atoms with Crippen LogP contribution in [-0.4, -0.2) is 55.2 Å². The first-order valence-electron chi connectivity index (χ1n) is 11.9. The molecule has 1 amide bonds. The van der Waals surface area contributed by atoms with E-state index in [0.717, 1.165) is 47.2 Å². The number of ether oxygens (including phenoxy) is 3.